The van der Waals surface area contributed by atoms with Gasteiger partial charge in [-0.1, -0.05) is 25.1 Å². The Hall–Kier alpha value is -0.820. The number of aryl methyl sites for hydroxylation is 1. The predicted octanol–water partition coefficient (Wildman–Crippen LogP) is 3.03. The third-order valence-corrected chi connectivity index (χ3v) is 4.23. The molecule has 16 heavy (non-hydrogen) atoms. The maximum atomic E-state index is 3.58. The topological polar surface area (TPSA) is 12.0 Å². The van der Waals surface area contributed by atoms with Gasteiger partial charge in [0.1, 0.15) is 0 Å². The maximum absolute atomic E-state index is 3.58. The number of hydrogen-bond donors (Lipinski definition) is 1. The lowest BCUT2D eigenvalue weighted by molar-refractivity contribution is 0.602. The van der Waals surface area contributed by atoms with Gasteiger partial charge in [0, 0.05) is 6.04 Å². The van der Waals surface area contributed by atoms with E-state index in [0.29, 0.717) is 0 Å². The van der Waals surface area contributed by atoms with Crippen LogP contribution in [0.3, 0.4) is 0 Å². The van der Waals surface area contributed by atoms with E-state index in [2.05, 4.69) is 30.4 Å². The van der Waals surface area contributed by atoms with Crippen LogP contribution < -0.4 is 5.32 Å². The van der Waals surface area contributed by atoms with Crippen molar-refractivity contribution in [2.24, 2.45) is 0 Å². The van der Waals surface area contributed by atoms with Gasteiger partial charge >= 0.3 is 0 Å². The molecule has 0 saturated carbocycles. The van der Waals surface area contributed by atoms with Gasteiger partial charge in [-0.2, -0.15) is 0 Å². The highest BCUT2D eigenvalue weighted by Gasteiger charge is 2.20. The molecule has 0 bridgehead atoms. The molecule has 0 spiro atoms. The minimum atomic E-state index is 0.731. The van der Waals surface area contributed by atoms with E-state index in [-0.39, 0.29) is 0 Å². The van der Waals surface area contributed by atoms with Gasteiger partial charge in [0.05, 0.1) is 0 Å². The fourth-order valence-corrected chi connectivity index (χ4v) is 3.20. The first kappa shape index (κ1) is 10.3. The lowest BCUT2D eigenvalue weighted by Gasteiger charge is -2.12. The van der Waals surface area contributed by atoms with Crippen LogP contribution in [0, 0.1) is 0 Å². The largest absolute Gasteiger partial charge is 0.314 e. The zero-order valence-corrected chi connectivity index (χ0v) is 10.1. The zero-order chi connectivity index (χ0) is 11.0. The summed E-state index contributed by atoms with van der Waals surface area (Å²) in [6.45, 7) is 3.58. The van der Waals surface area contributed by atoms with Gasteiger partial charge < -0.3 is 5.32 Å². The first-order valence-corrected chi connectivity index (χ1v) is 6.68. The van der Waals surface area contributed by atoms with E-state index >= 15 is 0 Å². The Morgan fingerprint density at radius 3 is 3.06 bits per heavy atom. The third-order valence-electron chi connectivity index (χ3n) is 4.23. The monoisotopic (exact) mass is 215 g/mol. The molecule has 0 amide bonds. The summed E-state index contributed by atoms with van der Waals surface area (Å²) in [5, 5.41) is 3.58. The third kappa shape index (κ3) is 1.89. The number of benzene rings is 1. The molecule has 1 aliphatic heterocycles. The predicted molar refractivity (Wildman–Crippen MR) is 67.9 cm³/mol. The first-order chi connectivity index (χ1) is 7.83. The van der Waals surface area contributed by atoms with Gasteiger partial charge in [0.25, 0.3) is 0 Å². The fraction of sp³-hybridized carbons (Fsp3) is 0.600. The summed E-state index contributed by atoms with van der Waals surface area (Å²) in [6.07, 6.45) is 6.57. The SMILES string of the molecule is CC1CCc2ccc(CC3CCCN3)cc21. The lowest BCUT2D eigenvalue weighted by atomic mass is 9.97. The summed E-state index contributed by atoms with van der Waals surface area (Å²) >= 11 is 0. The molecular weight excluding hydrogens is 194 g/mol. The average Bonchev–Trinajstić information content (AvgIpc) is 2.90. The Morgan fingerprint density at radius 2 is 2.25 bits per heavy atom. The van der Waals surface area contributed by atoms with Crippen molar-refractivity contribution in [3.8, 4) is 0 Å². The summed E-state index contributed by atoms with van der Waals surface area (Å²) in [7, 11) is 0. The summed E-state index contributed by atoms with van der Waals surface area (Å²) in [5.74, 6) is 0.784. The van der Waals surface area contributed by atoms with Crippen molar-refractivity contribution in [2.75, 3.05) is 6.54 Å². The molecule has 1 heterocycles. The summed E-state index contributed by atoms with van der Waals surface area (Å²) in [4.78, 5) is 0. The fourth-order valence-electron chi connectivity index (χ4n) is 3.20. The summed E-state index contributed by atoms with van der Waals surface area (Å²) < 4.78 is 0. The van der Waals surface area contributed by atoms with Crippen LogP contribution in [0.15, 0.2) is 18.2 Å². The number of nitrogens with one attached hydrogen (secondary N) is 1. The summed E-state index contributed by atoms with van der Waals surface area (Å²) in [5.41, 5.74) is 4.75. The van der Waals surface area contributed by atoms with Crippen LogP contribution in [0.25, 0.3) is 0 Å². The van der Waals surface area contributed by atoms with E-state index in [1.165, 1.54) is 44.2 Å². The first-order valence-electron chi connectivity index (χ1n) is 6.68. The second-order valence-corrected chi connectivity index (χ2v) is 5.47. The molecule has 2 aliphatic rings. The molecule has 86 valence electrons. The van der Waals surface area contributed by atoms with E-state index in [1.54, 1.807) is 11.1 Å². The molecule has 0 aromatic heterocycles. The standard InChI is InChI=1S/C15H21N/c1-11-4-6-13-7-5-12(10-15(11)13)9-14-3-2-8-16-14/h5,7,10-11,14,16H,2-4,6,8-9H2,1H3. The van der Waals surface area contributed by atoms with Gasteiger partial charge in [0.2, 0.25) is 0 Å². The van der Waals surface area contributed by atoms with Crippen LogP contribution in [-0.2, 0) is 12.8 Å². The number of hydrogen-bond acceptors (Lipinski definition) is 1. The molecule has 1 nitrogen and oxygen atoms in total. The molecule has 1 N–H and O–H groups in total. The van der Waals surface area contributed by atoms with E-state index in [9.17, 15) is 0 Å². The van der Waals surface area contributed by atoms with Crippen molar-refractivity contribution >= 4 is 0 Å². The van der Waals surface area contributed by atoms with Gasteiger partial charge in [-0.25, -0.2) is 0 Å². The van der Waals surface area contributed by atoms with Gasteiger partial charge in [-0.05, 0) is 61.3 Å². The van der Waals surface area contributed by atoms with E-state index < -0.39 is 0 Å². The van der Waals surface area contributed by atoms with Crippen LogP contribution in [0.4, 0.5) is 0 Å². The second kappa shape index (κ2) is 4.21. The van der Waals surface area contributed by atoms with E-state index in [0.717, 1.165) is 12.0 Å². The minimum Gasteiger partial charge on any atom is -0.314 e. The molecule has 1 aromatic rings. The smallest absolute Gasteiger partial charge is 0.0108 e. The summed E-state index contributed by atoms with van der Waals surface area (Å²) in [6, 6.07) is 7.90. The molecule has 3 rings (SSSR count). The van der Waals surface area contributed by atoms with Crippen molar-refractivity contribution < 1.29 is 0 Å². The molecule has 2 atom stereocenters. The van der Waals surface area contributed by atoms with Crippen LogP contribution >= 0.6 is 0 Å². The zero-order valence-electron chi connectivity index (χ0n) is 10.1. The number of rotatable bonds is 2. The molecule has 2 unspecified atom stereocenters. The molecular formula is C15H21N. The molecule has 1 aromatic carbocycles. The number of fused-ring (bicyclic) bond motifs is 1. The average molecular weight is 215 g/mol. The maximum Gasteiger partial charge on any atom is 0.0108 e. The van der Waals surface area contributed by atoms with Gasteiger partial charge in [0.15, 0.2) is 0 Å². The van der Waals surface area contributed by atoms with Crippen LogP contribution in [0.1, 0.15) is 48.8 Å². The molecule has 1 fully saturated rings. The quantitative estimate of drug-likeness (QED) is 0.799. The van der Waals surface area contributed by atoms with E-state index in [4.69, 9.17) is 0 Å². The van der Waals surface area contributed by atoms with Crippen LogP contribution in [0.5, 0.6) is 0 Å². The van der Waals surface area contributed by atoms with Crippen molar-refractivity contribution in [1.29, 1.82) is 0 Å². The normalized spacial score (nSPS) is 28.3. The van der Waals surface area contributed by atoms with Crippen molar-refractivity contribution in [2.45, 2.75) is 51.0 Å². The van der Waals surface area contributed by atoms with Crippen LogP contribution in [-0.4, -0.2) is 12.6 Å². The Labute approximate surface area is 98.3 Å². The van der Waals surface area contributed by atoms with Crippen molar-refractivity contribution in [3.05, 3.63) is 34.9 Å². The van der Waals surface area contributed by atoms with Crippen molar-refractivity contribution in [3.63, 3.8) is 0 Å². The Kier molecular flexibility index (Phi) is 2.72. The molecule has 0 radical (unpaired) electrons. The Balaban J connectivity index is 1.78. The highest BCUT2D eigenvalue weighted by atomic mass is 14.9. The Bertz CT molecular complexity index is 377. The minimum absolute atomic E-state index is 0.731. The second-order valence-electron chi connectivity index (χ2n) is 5.47. The van der Waals surface area contributed by atoms with E-state index in [1.807, 2.05) is 0 Å². The van der Waals surface area contributed by atoms with Crippen LogP contribution in [0.2, 0.25) is 0 Å². The van der Waals surface area contributed by atoms with Crippen molar-refractivity contribution in [1.82, 2.24) is 5.32 Å². The highest BCUT2D eigenvalue weighted by molar-refractivity contribution is 5.38. The molecule has 1 heteroatoms. The Morgan fingerprint density at radius 1 is 1.31 bits per heavy atom. The highest BCUT2D eigenvalue weighted by Crippen LogP contribution is 2.33. The molecule has 1 aliphatic carbocycles. The van der Waals surface area contributed by atoms with Gasteiger partial charge in [-0.15, -0.1) is 0 Å². The molecule has 1 saturated heterocycles. The lowest BCUT2D eigenvalue weighted by Crippen LogP contribution is -2.23. The van der Waals surface area contributed by atoms with Gasteiger partial charge in [-0.3, -0.25) is 0 Å².